The summed E-state index contributed by atoms with van der Waals surface area (Å²) in [6, 6.07) is 0. The van der Waals surface area contributed by atoms with Crippen LogP contribution in [0.25, 0.3) is 0 Å². The van der Waals surface area contributed by atoms with E-state index in [9.17, 15) is 4.79 Å². The second kappa shape index (κ2) is 5.79. The first-order valence-corrected chi connectivity index (χ1v) is 5.62. The minimum absolute atomic E-state index is 0.239. The van der Waals surface area contributed by atoms with Crippen LogP contribution in [0.5, 0.6) is 0 Å². The monoisotopic (exact) mass is 229 g/mol. The molecule has 1 atom stereocenters. The van der Waals surface area contributed by atoms with E-state index >= 15 is 0 Å². The fraction of sp³-hybridized carbons (Fsp3) is 0.556. The Labute approximate surface area is 92.3 Å². The maximum Gasteiger partial charge on any atom is 0.270 e. The summed E-state index contributed by atoms with van der Waals surface area (Å²) in [5, 5.41) is 14.1. The molecule has 0 aliphatic rings. The van der Waals surface area contributed by atoms with Crippen LogP contribution in [0.2, 0.25) is 0 Å². The van der Waals surface area contributed by atoms with Crippen LogP contribution in [0.4, 0.5) is 0 Å². The van der Waals surface area contributed by atoms with Gasteiger partial charge < -0.3 is 16.2 Å². The van der Waals surface area contributed by atoms with Gasteiger partial charge in [0.25, 0.3) is 5.91 Å². The third kappa shape index (κ3) is 3.94. The van der Waals surface area contributed by atoms with Crippen molar-refractivity contribution in [2.24, 2.45) is 5.73 Å². The second-order valence-corrected chi connectivity index (χ2v) is 4.17. The van der Waals surface area contributed by atoms with E-state index in [0.717, 1.165) is 5.01 Å². The second-order valence-electron chi connectivity index (χ2n) is 3.22. The Morgan fingerprint density at radius 1 is 1.80 bits per heavy atom. The molecule has 1 aromatic heterocycles. The summed E-state index contributed by atoms with van der Waals surface area (Å²) in [5.74, 6) is -0.254. The lowest BCUT2D eigenvalue weighted by Gasteiger charge is -2.04. The Kier molecular flexibility index (Phi) is 4.67. The number of nitrogens with two attached hydrogens (primary N) is 1. The van der Waals surface area contributed by atoms with Gasteiger partial charge in [-0.2, -0.15) is 0 Å². The molecule has 1 aromatic rings. The highest BCUT2D eigenvalue weighted by Gasteiger charge is 2.10. The Balaban J connectivity index is 2.50. The topological polar surface area (TPSA) is 88.2 Å². The minimum Gasteiger partial charge on any atom is -0.392 e. The quantitative estimate of drug-likeness (QED) is 0.650. The molecule has 0 radical (unpaired) electrons. The number of rotatable bonds is 5. The summed E-state index contributed by atoms with van der Waals surface area (Å²) < 4.78 is 0. The summed E-state index contributed by atoms with van der Waals surface area (Å²) in [7, 11) is 0. The fourth-order valence-electron chi connectivity index (χ4n) is 0.984. The number of aromatic nitrogens is 1. The molecule has 84 valence electrons. The van der Waals surface area contributed by atoms with E-state index in [1.165, 1.54) is 11.3 Å². The van der Waals surface area contributed by atoms with Crippen LogP contribution in [0.3, 0.4) is 0 Å². The van der Waals surface area contributed by atoms with Crippen molar-refractivity contribution in [3.63, 3.8) is 0 Å². The number of nitrogens with zero attached hydrogens (tertiary/aromatic N) is 1. The van der Waals surface area contributed by atoms with Gasteiger partial charge in [0.05, 0.1) is 11.1 Å². The molecule has 0 fully saturated rings. The lowest BCUT2D eigenvalue weighted by molar-refractivity contribution is 0.0919. The van der Waals surface area contributed by atoms with Crippen LogP contribution in [-0.2, 0) is 6.42 Å². The maximum atomic E-state index is 11.5. The number of thiazole rings is 1. The molecule has 0 aromatic carbocycles. The summed E-state index contributed by atoms with van der Waals surface area (Å²) in [6.45, 7) is 2.38. The van der Waals surface area contributed by atoms with Crippen LogP contribution < -0.4 is 11.1 Å². The molecule has 15 heavy (non-hydrogen) atoms. The average Bonchev–Trinajstić information content (AvgIpc) is 2.63. The van der Waals surface area contributed by atoms with Gasteiger partial charge in [0.2, 0.25) is 0 Å². The number of carbonyl (C=O) groups excluding carboxylic acids is 1. The molecule has 0 saturated heterocycles. The maximum absolute atomic E-state index is 11.5. The van der Waals surface area contributed by atoms with E-state index < -0.39 is 6.10 Å². The molecular formula is C9H15N3O2S. The predicted octanol–water partition coefficient (Wildman–Crippen LogP) is -0.245. The van der Waals surface area contributed by atoms with Crippen molar-refractivity contribution in [3.8, 4) is 0 Å². The highest BCUT2D eigenvalue weighted by atomic mass is 32.1. The molecule has 4 N–H and O–H groups in total. The van der Waals surface area contributed by atoms with Gasteiger partial charge in [-0.25, -0.2) is 4.98 Å². The third-order valence-corrected chi connectivity index (χ3v) is 2.61. The van der Waals surface area contributed by atoms with Crippen molar-refractivity contribution in [3.05, 3.63) is 16.1 Å². The lowest BCUT2D eigenvalue weighted by atomic mass is 10.4. The zero-order chi connectivity index (χ0) is 11.3. The Hall–Kier alpha value is -0.980. The standard InChI is InChI=1S/C9H15N3O2S/c1-6(13)4-11-9(14)7-5-15-8(12-7)2-3-10/h5-6,13H,2-4,10H2,1H3,(H,11,14). The molecule has 0 bridgehead atoms. The fourth-order valence-corrected chi connectivity index (χ4v) is 1.78. The van der Waals surface area contributed by atoms with Crippen LogP contribution in [-0.4, -0.2) is 35.2 Å². The number of hydrogen-bond acceptors (Lipinski definition) is 5. The number of nitrogens with one attached hydrogen (secondary N) is 1. The van der Waals surface area contributed by atoms with Crippen LogP contribution in [0.15, 0.2) is 5.38 Å². The number of amides is 1. The normalized spacial score (nSPS) is 12.5. The lowest BCUT2D eigenvalue weighted by Crippen LogP contribution is -2.30. The van der Waals surface area contributed by atoms with Crippen molar-refractivity contribution < 1.29 is 9.90 Å². The Morgan fingerprint density at radius 3 is 3.13 bits per heavy atom. The molecule has 5 nitrogen and oxygen atoms in total. The number of aliphatic hydroxyl groups excluding tert-OH is 1. The highest BCUT2D eigenvalue weighted by Crippen LogP contribution is 2.09. The van der Waals surface area contributed by atoms with Gasteiger partial charge in [0.15, 0.2) is 0 Å². The van der Waals surface area contributed by atoms with Crippen molar-refractivity contribution in [1.29, 1.82) is 0 Å². The molecule has 1 rings (SSSR count). The van der Waals surface area contributed by atoms with E-state index in [1.807, 2.05) is 0 Å². The van der Waals surface area contributed by atoms with Crippen molar-refractivity contribution in [1.82, 2.24) is 10.3 Å². The molecule has 6 heteroatoms. The number of carbonyl (C=O) groups is 1. The third-order valence-electron chi connectivity index (χ3n) is 1.70. The average molecular weight is 229 g/mol. The van der Waals surface area contributed by atoms with Gasteiger partial charge in [0, 0.05) is 18.3 Å². The van der Waals surface area contributed by atoms with E-state index in [0.29, 0.717) is 18.7 Å². The molecule has 1 heterocycles. The molecule has 1 amide bonds. The largest absolute Gasteiger partial charge is 0.392 e. The molecule has 1 unspecified atom stereocenters. The van der Waals surface area contributed by atoms with E-state index in [2.05, 4.69) is 10.3 Å². The van der Waals surface area contributed by atoms with Gasteiger partial charge in [0.1, 0.15) is 5.69 Å². The SMILES string of the molecule is CC(O)CNC(=O)c1csc(CCN)n1. The summed E-state index contributed by atoms with van der Waals surface area (Å²) in [4.78, 5) is 15.6. The number of hydrogen-bond donors (Lipinski definition) is 3. The van der Waals surface area contributed by atoms with E-state index in [-0.39, 0.29) is 12.5 Å². The van der Waals surface area contributed by atoms with Crippen LogP contribution in [0, 0.1) is 0 Å². The summed E-state index contributed by atoms with van der Waals surface area (Å²) in [6.07, 6.45) is 0.144. The molecule has 0 aliphatic heterocycles. The first-order valence-electron chi connectivity index (χ1n) is 4.74. The predicted molar refractivity (Wildman–Crippen MR) is 58.9 cm³/mol. The van der Waals surface area contributed by atoms with Crippen molar-refractivity contribution >= 4 is 17.2 Å². The van der Waals surface area contributed by atoms with Gasteiger partial charge >= 0.3 is 0 Å². The smallest absolute Gasteiger partial charge is 0.270 e. The van der Waals surface area contributed by atoms with Gasteiger partial charge in [-0.3, -0.25) is 4.79 Å². The zero-order valence-electron chi connectivity index (χ0n) is 8.56. The van der Waals surface area contributed by atoms with Gasteiger partial charge in [-0.05, 0) is 13.5 Å². The molecule has 0 saturated carbocycles. The first kappa shape index (κ1) is 12.1. The van der Waals surface area contributed by atoms with E-state index in [4.69, 9.17) is 10.8 Å². The molecular weight excluding hydrogens is 214 g/mol. The zero-order valence-corrected chi connectivity index (χ0v) is 9.38. The van der Waals surface area contributed by atoms with Gasteiger partial charge in [-0.15, -0.1) is 11.3 Å². The van der Waals surface area contributed by atoms with Crippen molar-refractivity contribution in [2.45, 2.75) is 19.4 Å². The number of aliphatic hydroxyl groups is 1. The molecule has 0 aliphatic carbocycles. The van der Waals surface area contributed by atoms with Crippen LogP contribution in [0.1, 0.15) is 22.4 Å². The van der Waals surface area contributed by atoms with E-state index in [1.54, 1.807) is 12.3 Å². The molecule has 0 spiro atoms. The first-order chi connectivity index (χ1) is 7.13. The van der Waals surface area contributed by atoms with Crippen molar-refractivity contribution in [2.75, 3.05) is 13.1 Å². The summed E-state index contributed by atoms with van der Waals surface area (Å²) in [5.41, 5.74) is 5.77. The Morgan fingerprint density at radius 2 is 2.53 bits per heavy atom. The minimum atomic E-state index is -0.545. The van der Waals surface area contributed by atoms with Crippen LogP contribution >= 0.6 is 11.3 Å². The highest BCUT2D eigenvalue weighted by molar-refractivity contribution is 7.09. The Bertz CT molecular complexity index is 325. The van der Waals surface area contributed by atoms with Gasteiger partial charge in [-0.1, -0.05) is 0 Å². The summed E-state index contributed by atoms with van der Waals surface area (Å²) >= 11 is 1.42.